The van der Waals surface area contributed by atoms with Gasteiger partial charge in [-0.05, 0) is 43.0 Å². The van der Waals surface area contributed by atoms with Gasteiger partial charge in [-0.1, -0.05) is 13.8 Å². The monoisotopic (exact) mass is 447 g/mol. The number of ether oxygens (including phenoxy) is 3. The number of hydrogen-bond donors (Lipinski definition) is 2. The molecule has 0 aromatic heterocycles. The van der Waals surface area contributed by atoms with Crippen molar-refractivity contribution in [3.05, 3.63) is 24.3 Å². The number of benzene rings is 1. The van der Waals surface area contributed by atoms with E-state index in [9.17, 15) is 14.4 Å². The van der Waals surface area contributed by atoms with E-state index in [2.05, 4.69) is 10.6 Å². The lowest BCUT2D eigenvalue weighted by molar-refractivity contribution is -0.152. The van der Waals surface area contributed by atoms with Crippen LogP contribution in [0.25, 0.3) is 0 Å². The molecule has 0 radical (unpaired) electrons. The summed E-state index contributed by atoms with van der Waals surface area (Å²) < 4.78 is 16.5. The van der Waals surface area contributed by atoms with E-state index in [-0.39, 0.29) is 43.4 Å². The maximum atomic E-state index is 12.8. The van der Waals surface area contributed by atoms with E-state index in [0.29, 0.717) is 19.7 Å². The number of piperazine rings is 1. The molecule has 3 rings (SSSR count). The van der Waals surface area contributed by atoms with Gasteiger partial charge in [0.2, 0.25) is 11.8 Å². The van der Waals surface area contributed by atoms with Gasteiger partial charge >= 0.3 is 5.97 Å². The zero-order valence-electron chi connectivity index (χ0n) is 18.8. The van der Waals surface area contributed by atoms with Crippen molar-refractivity contribution in [2.75, 3.05) is 44.8 Å². The predicted octanol–water partition coefficient (Wildman–Crippen LogP) is 1.57. The summed E-state index contributed by atoms with van der Waals surface area (Å²) in [6, 6.07) is 6.49. The van der Waals surface area contributed by atoms with Gasteiger partial charge in [-0.25, -0.2) is 0 Å². The summed E-state index contributed by atoms with van der Waals surface area (Å²) in [6.45, 7) is 6.21. The second kappa shape index (κ2) is 11.7. The second-order valence-corrected chi connectivity index (χ2v) is 8.50. The highest BCUT2D eigenvalue weighted by Gasteiger charge is 2.35. The highest BCUT2D eigenvalue weighted by Crippen LogP contribution is 2.19. The fourth-order valence-corrected chi connectivity index (χ4v) is 3.61. The summed E-state index contributed by atoms with van der Waals surface area (Å²) >= 11 is 0. The van der Waals surface area contributed by atoms with Crippen molar-refractivity contribution in [2.24, 2.45) is 5.92 Å². The molecule has 176 valence electrons. The minimum absolute atomic E-state index is 0.0148. The first-order valence-corrected chi connectivity index (χ1v) is 11.2. The highest BCUT2D eigenvalue weighted by atomic mass is 16.5. The normalized spacial score (nSPS) is 20.7. The van der Waals surface area contributed by atoms with Crippen molar-refractivity contribution in [1.29, 1.82) is 0 Å². The molecule has 2 unspecified atom stereocenters. The maximum Gasteiger partial charge on any atom is 0.308 e. The Morgan fingerprint density at radius 3 is 2.75 bits per heavy atom. The van der Waals surface area contributed by atoms with Crippen LogP contribution >= 0.6 is 0 Å². The fourth-order valence-electron chi connectivity index (χ4n) is 3.61. The van der Waals surface area contributed by atoms with Crippen molar-refractivity contribution in [1.82, 2.24) is 10.2 Å². The highest BCUT2D eigenvalue weighted by molar-refractivity contribution is 5.93. The number of esters is 1. The Kier molecular flexibility index (Phi) is 8.72. The minimum Gasteiger partial charge on any atom is -0.491 e. The number of nitrogens with one attached hydrogen (secondary N) is 2. The van der Waals surface area contributed by atoms with Crippen LogP contribution in [0, 0.1) is 5.92 Å². The molecule has 0 saturated carbocycles. The van der Waals surface area contributed by atoms with Crippen LogP contribution in [0.2, 0.25) is 0 Å². The van der Waals surface area contributed by atoms with Crippen molar-refractivity contribution < 1.29 is 28.6 Å². The van der Waals surface area contributed by atoms with E-state index in [4.69, 9.17) is 14.2 Å². The average molecular weight is 448 g/mol. The van der Waals surface area contributed by atoms with Gasteiger partial charge in [-0.15, -0.1) is 0 Å². The third kappa shape index (κ3) is 7.12. The summed E-state index contributed by atoms with van der Waals surface area (Å²) in [6.07, 6.45) is 2.10. The molecular formula is C23H33N3O6. The third-order valence-corrected chi connectivity index (χ3v) is 5.35. The molecule has 2 atom stereocenters. The van der Waals surface area contributed by atoms with E-state index in [1.54, 1.807) is 0 Å². The summed E-state index contributed by atoms with van der Waals surface area (Å²) in [5.41, 5.74) is 0.761. The SMILES string of the molecule is CC(C)COC(=O)CC1C(=O)NCCN1C(=O)CNc1ccc(OCC2CCCO2)cc1. The van der Waals surface area contributed by atoms with Crippen LogP contribution in [0.1, 0.15) is 33.1 Å². The van der Waals surface area contributed by atoms with Crippen LogP contribution in [-0.2, 0) is 23.9 Å². The third-order valence-electron chi connectivity index (χ3n) is 5.35. The number of nitrogens with zero attached hydrogens (tertiary/aromatic N) is 1. The van der Waals surface area contributed by atoms with Gasteiger partial charge in [-0.3, -0.25) is 14.4 Å². The Labute approximate surface area is 188 Å². The molecule has 9 heteroatoms. The molecule has 1 aromatic rings. The van der Waals surface area contributed by atoms with Gasteiger partial charge in [0.1, 0.15) is 18.4 Å². The maximum absolute atomic E-state index is 12.8. The topological polar surface area (TPSA) is 106 Å². The Morgan fingerprint density at radius 1 is 1.28 bits per heavy atom. The number of rotatable bonds is 10. The predicted molar refractivity (Wildman–Crippen MR) is 118 cm³/mol. The van der Waals surface area contributed by atoms with Crippen LogP contribution in [0.5, 0.6) is 5.75 Å². The summed E-state index contributed by atoms with van der Waals surface area (Å²) in [7, 11) is 0. The van der Waals surface area contributed by atoms with E-state index in [0.717, 1.165) is 30.9 Å². The van der Waals surface area contributed by atoms with Crippen LogP contribution < -0.4 is 15.4 Å². The zero-order chi connectivity index (χ0) is 22.9. The molecule has 2 amide bonds. The standard InChI is InChI=1S/C23H33N3O6/c1-16(2)14-32-22(28)12-20-23(29)24-9-10-26(20)21(27)13-25-17-5-7-18(8-6-17)31-15-19-4-3-11-30-19/h5-8,16,19-20,25H,3-4,9-15H2,1-2H3,(H,24,29). The van der Waals surface area contributed by atoms with E-state index in [1.165, 1.54) is 4.90 Å². The van der Waals surface area contributed by atoms with Crippen LogP contribution in [0.4, 0.5) is 5.69 Å². The van der Waals surface area contributed by atoms with Crippen molar-refractivity contribution >= 4 is 23.5 Å². The van der Waals surface area contributed by atoms with Crippen LogP contribution in [-0.4, -0.2) is 74.3 Å². The molecule has 32 heavy (non-hydrogen) atoms. The van der Waals surface area contributed by atoms with Crippen LogP contribution in [0.15, 0.2) is 24.3 Å². The first-order chi connectivity index (χ1) is 15.4. The molecule has 1 aromatic carbocycles. The second-order valence-electron chi connectivity index (χ2n) is 8.50. The fraction of sp³-hybridized carbons (Fsp3) is 0.609. The van der Waals surface area contributed by atoms with Crippen molar-refractivity contribution in [2.45, 2.75) is 45.3 Å². The molecule has 2 aliphatic heterocycles. The molecule has 2 heterocycles. The number of carbonyl (C=O) groups excluding carboxylic acids is 3. The lowest BCUT2D eigenvalue weighted by atomic mass is 10.1. The summed E-state index contributed by atoms with van der Waals surface area (Å²) in [4.78, 5) is 38.6. The smallest absolute Gasteiger partial charge is 0.308 e. The number of anilines is 1. The largest absolute Gasteiger partial charge is 0.491 e. The molecule has 2 N–H and O–H groups in total. The molecule has 9 nitrogen and oxygen atoms in total. The van der Waals surface area contributed by atoms with Gasteiger partial charge in [0.05, 0.1) is 25.7 Å². The Morgan fingerprint density at radius 2 is 2.06 bits per heavy atom. The molecule has 2 saturated heterocycles. The molecule has 0 aliphatic carbocycles. The lowest BCUT2D eigenvalue weighted by Gasteiger charge is -2.34. The van der Waals surface area contributed by atoms with E-state index in [1.807, 2.05) is 38.1 Å². The van der Waals surface area contributed by atoms with Gasteiger partial charge in [0.15, 0.2) is 0 Å². The van der Waals surface area contributed by atoms with Gasteiger partial charge < -0.3 is 29.7 Å². The number of carbonyl (C=O) groups is 3. The van der Waals surface area contributed by atoms with Crippen molar-refractivity contribution in [3.63, 3.8) is 0 Å². The van der Waals surface area contributed by atoms with E-state index >= 15 is 0 Å². The first-order valence-electron chi connectivity index (χ1n) is 11.2. The van der Waals surface area contributed by atoms with Gasteiger partial charge in [0.25, 0.3) is 0 Å². The average Bonchev–Trinajstić information content (AvgIpc) is 3.30. The lowest BCUT2D eigenvalue weighted by Crippen LogP contribution is -2.58. The summed E-state index contributed by atoms with van der Waals surface area (Å²) in [5.74, 6) is -0.122. The quantitative estimate of drug-likeness (QED) is 0.525. The first kappa shape index (κ1) is 23.8. The molecule has 2 aliphatic rings. The van der Waals surface area contributed by atoms with Gasteiger partial charge in [-0.2, -0.15) is 0 Å². The minimum atomic E-state index is -0.855. The Balaban J connectivity index is 1.48. The number of amides is 2. The summed E-state index contributed by atoms with van der Waals surface area (Å²) in [5, 5.41) is 5.79. The Bertz CT molecular complexity index is 776. The molecule has 0 bridgehead atoms. The Hall–Kier alpha value is -2.81. The van der Waals surface area contributed by atoms with Crippen molar-refractivity contribution in [3.8, 4) is 5.75 Å². The number of hydrogen-bond acceptors (Lipinski definition) is 7. The zero-order valence-corrected chi connectivity index (χ0v) is 18.8. The van der Waals surface area contributed by atoms with E-state index < -0.39 is 12.0 Å². The molecule has 0 spiro atoms. The van der Waals surface area contributed by atoms with Crippen LogP contribution in [0.3, 0.4) is 0 Å². The molecule has 2 fully saturated rings. The van der Waals surface area contributed by atoms with Gasteiger partial charge in [0, 0.05) is 25.4 Å². The molecular weight excluding hydrogens is 414 g/mol.